The standard InChI is InChI=1S/C51H64N9O7S3Si/c1-11-41(61)56(8)37-18-22-59(30(37)5)49(65)57(9)43(29(3)4)45(62)54-46(69)34-24-40-53-36(27-70-40)31-16-17-38-33(23-31)35(44(58(38)12-2)32-15-13-20-52-42(32)39(26-68)66-10)25-50(6,7)28-67-48(64)51(71)19-14-21-60(55-51)47(34)63/h11,13,15-17,20,23,26-27,29-30,34,37,39,43,55H,1,12,14,18-19,21-22,24-25,28H2,2-10H3,(H,54,62,69)/t30-,34?,37?,39-,43-,51-/m0/s1. The minimum absolute atomic E-state index is 0.0348. The van der Waals surface area contributed by atoms with E-state index < -0.39 is 46.4 Å². The van der Waals surface area contributed by atoms with Gasteiger partial charge in [0.05, 0.1) is 61.9 Å². The molecule has 3 radical (unpaired) electrons. The Bertz CT molecular complexity index is 2740. The molecule has 6 bridgehead atoms. The highest BCUT2D eigenvalue weighted by Gasteiger charge is 2.45. The first-order valence-corrected chi connectivity index (χ1v) is 26.3. The Hall–Kier alpha value is -5.25. The third-order valence-electron chi connectivity index (χ3n) is 14.0. The zero-order valence-corrected chi connectivity index (χ0v) is 45.4. The molecule has 16 nitrogen and oxygen atoms in total. The minimum Gasteiger partial charge on any atom is -0.464 e. The number of pyridine rings is 1. The number of nitrogens with one attached hydrogen (secondary N) is 2. The number of likely N-dealkylation sites (N-methyl/N-ethyl adjacent to an activating group) is 2. The number of thiocarbonyl (C=S) groups is 2. The number of likely N-dealkylation sites (tertiary alicyclic amines) is 1. The molecule has 2 N–H and O–H groups in total. The lowest BCUT2D eigenvalue weighted by Crippen LogP contribution is -2.66. The van der Waals surface area contributed by atoms with Crippen LogP contribution in [0.5, 0.6) is 0 Å². The van der Waals surface area contributed by atoms with E-state index in [0.717, 1.165) is 33.3 Å². The third-order valence-corrected chi connectivity index (χ3v) is 16.1. The number of rotatable bonds is 11. The summed E-state index contributed by atoms with van der Waals surface area (Å²) in [6.45, 7) is 16.7. The highest BCUT2D eigenvalue weighted by atomic mass is 32.1. The van der Waals surface area contributed by atoms with Crippen molar-refractivity contribution in [3.05, 3.63) is 70.8 Å². The zero-order chi connectivity index (χ0) is 51.7. The van der Waals surface area contributed by atoms with Crippen LogP contribution in [0, 0.1) is 17.3 Å². The lowest BCUT2D eigenvalue weighted by atomic mass is 9.84. The molecule has 0 saturated carbocycles. The molecule has 2 unspecified atom stereocenters. The van der Waals surface area contributed by atoms with Gasteiger partial charge >= 0.3 is 12.0 Å². The minimum atomic E-state index is -1.46. The summed E-state index contributed by atoms with van der Waals surface area (Å²) in [5.41, 5.74) is 8.68. The number of hydrazine groups is 1. The first-order valence-electron chi connectivity index (χ1n) is 24.0. The number of aromatic nitrogens is 3. The number of benzene rings is 1. The highest BCUT2D eigenvalue weighted by Crippen LogP contribution is 2.42. The van der Waals surface area contributed by atoms with E-state index in [-0.39, 0.29) is 54.5 Å². The van der Waals surface area contributed by atoms with Gasteiger partial charge in [-0.2, -0.15) is 0 Å². The molecule has 3 aliphatic heterocycles. The summed E-state index contributed by atoms with van der Waals surface area (Å²) in [5, 5.41) is 7.91. The number of hydrogen-bond donors (Lipinski definition) is 2. The van der Waals surface area contributed by atoms with Crippen LogP contribution >= 0.6 is 35.8 Å². The molecule has 3 aliphatic rings. The highest BCUT2D eigenvalue weighted by molar-refractivity contribution is 7.80. The first kappa shape index (κ1) is 53.5. The van der Waals surface area contributed by atoms with Crippen molar-refractivity contribution in [3.63, 3.8) is 0 Å². The van der Waals surface area contributed by atoms with E-state index in [1.165, 1.54) is 27.3 Å². The summed E-state index contributed by atoms with van der Waals surface area (Å²) < 4.78 is 14.3. The molecule has 0 aliphatic carbocycles. The van der Waals surface area contributed by atoms with Crippen molar-refractivity contribution in [2.75, 3.05) is 40.9 Å². The predicted octanol–water partition coefficient (Wildman–Crippen LogP) is 6.44. The summed E-state index contributed by atoms with van der Waals surface area (Å²) in [5.74, 6) is -3.31. The molecule has 377 valence electrons. The van der Waals surface area contributed by atoms with Gasteiger partial charge in [-0.1, -0.05) is 64.8 Å². The molecular formula is C51H64N9O7S3Si. The van der Waals surface area contributed by atoms with E-state index in [9.17, 15) is 24.0 Å². The van der Waals surface area contributed by atoms with Gasteiger partial charge in [0, 0.05) is 91.6 Å². The van der Waals surface area contributed by atoms with Crippen molar-refractivity contribution in [1.82, 2.24) is 45.0 Å². The van der Waals surface area contributed by atoms with Crippen LogP contribution in [-0.4, -0.2) is 149 Å². The molecule has 6 heterocycles. The third kappa shape index (κ3) is 10.8. The molecule has 2 saturated heterocycles. The largest absolute Gasteiger partial charge is 0.464 e. The number of amides is 5. The smallest absolute Gasteiger partial charge is 0.323 e. The number of thiazole rings is 1. The van der Waals surface area contributed by atoms with Crippen LogP contribution in [0.3, 0.4) is 0 Å². The van der Waals surface area contributed by atoms with Crippen molar-refractivity contribution >= 4 is 97.0 Å². The molecule has 2 fully saturated rings. The summed E-state index contributed by atoms with van der Waals surface area (Å²) in [7, 11) is 8.60. The SMILES string of the molecule is C=CC(=O)N(C)C1CCN(C(=O)N(C)[C@H](C(=O)NC(=S)C2Cc3nc(cs3)-c3ccc4c(c3)c(c(-c3cccnc3[C@H](C=S)OC)n4CC)CC(C)(C)COC(=O)[C@@]3([Si])CCCN(N3)C2=O)C(C)C)[C@H]1C. The number of carbonyl (C=O) groups excluding carboxylic acids is 5. The number of aryl methyl sites for hydroxylation is 1. The van der Waals surface area contributed by atoms with Crippen molar-refractivity contribution < 1.29 is 33.4 Å². The topological polar surface area (TPSA) is 172 Å². The lowest BCUT2D eigenvalue weighted by Gasteiger charge is -2.41. The van der Waals surface area contributed by atoms with Crippen molar-refractivity contribution in [3.8, 4) is 22.5 Å². The normalized spacial score (nSPS) is 22.3. The van der Waals surface area contributed by atoms with Gasteiger partial charge in [-0.3, -0.25) is 29.2 Å². The molecule has 7 rings (SSSR count). The number of fused-ring (bicyclic) bond motifs is 6. The average Bonchev–Trinajstić information content (AvgIpc) is 4.06. The van der Waals surface area contributed by atoms with Crippen molar-refractivity contribution in [1.29, 1.82) is 0 Å². The van der Waals surface area contributed by atoms with Gasteiger partial charge in [0.1, 0.15) is 17.3 Å². The van der Waals surface area contributed by atoms with Gasteiger partial charge in [-0.05, 0) is 81.4 Å². The summed E-state index contributed by atoms with van der Waals surface area (Å²) in [6, 6.07) is 8.32. The quantitative estimate of drug-likeness (QED) is 0.0731. The second-order valence-electron chi connectivity index (χ2n) is 19.8. The van der Waals surface area contributed by atoms with Crippen LogP contribution in [0.15, 0.2) is 54.6 Å². The van der Waals surface area contributed by atoms with E-state index in [1.807, 2.05) is 44.4 Å². The monoisotopic (exact) mass is 1040 g/mol. The maximum Gasteiger partial charge on any atom is 0.323 e. The van der Waals surface area contributed by atoms with E-state index in [0.29, 0.717) is 55.2 Å². The Labute approximate surface area is 434 Å². The van der Waals surface area contributed by atoms with Crippen LogP contribution in [0.2, 0.25) is 0 Å². The second kappa shape index (κ2) is 21.8. The van der Waals surface area contributed by atoms with Crippen LogP contribution in [0.25, 0.3) is 33.4 Å². The van der Waals surface area contributed by atoms with Crippen LogP contribution in [0.1, 0.15) is 83.2 Å². The number of cyclic esters (lactones) is 1. The first-order chi connectivity index (χ1) is 33.7. The molecule has 20 heteroatoms. The molecule has 4 aromatic rings. The fraction of sp³-hybridized carbons (Fsp3) is 0.510. The average molecular weight is 1040 g/mol. The van der Waals surface area contributed by atoms with E-state index >= 15 is 0 Å². The maximum absolute atomic E-state index is 14.9. The molecule has 3 aromatic heterocycles. The summed E-state index contributed by atoms with van der Waals surface area (Å²) in [6.07, 6.45) is 4.34. The number of hydrogen-bond acceptors (Lipinski definition) is 13. The van der Waals surface area contributed by atoms with Crippen molar-refractivity contribution in [2.24, 2.45) is 17.3 Å². The Balaban J connectivity index is 1.26. The number of ether oxygens (including phenoxy) is 2. The number of methoxy groups -OCH3 is 1. The van der Waals surface area contributed by atoms with Gasteiger partial charge in [-0.15, -0.1) is 11.3 Å². The van der Waals surface area contributed by atoms with Gasteiger partial charge in [-0.25, -0.2) is 15.2 Å². The molecule has 6 atom stereocenters. The molecular weight excluding hydrogens is 975 g/mol. The maximum atomic E-state index is 14.9. The zero-order valence-electron chi connectivity index (χ0n) is 41.9. The van der Waals surface area contributed by atoms with Gasteiger partial charge in [0.25, 0.3) is 0 Å². The fourth-order valence-corrected chi connectivity index (χ4v) is 12.0. The molecule has 1 aromatic carbocycles. The number of urea groups is 1. The number of nitrogens with zero attached hydrogens (tertiary/aromatic N) is 7. The van der Waals surface area contributed by atoms with E-state index in [1.54, 1.807) is 42.6 Å². The fourth-order valence-electron chi connectivity index (χ4n) is 10.3. The molecule has 0 spiro atoms. The van der Waals surface area contributed by atoms with Crippen molar-refractivity contribution in [2.45, 2.75) is 110 Å². The van der Waals surface area contributed by atoms with Gasteiger partial charge in [0.15, 0.2) is 0 Å². The van der Waals surface area contributed by atoms with E-state index in [2.05, 4.69) is 65.0 Å². The Kier molecular flexibility index (Phi) is 16.5. The van der Waals surface area contributed by atoms with Crippen LogP contribution < -0.4 is 10.7 Å². The van der Waals surface area contributed by atoms with Gasteiger partial charge < -0.3 is 34.1 Å². The summed E-state index contributed by atoms with van der Waals surface area (Å²) >= 11 is 12.8. The van der Waals surface area contributed by atoms with Gasteiger partial charge in [0.2, 0.25) is 17.7 Å². The van der Waals surface area contributed by atoms with E-state index in [4.69, 9.17) is 43.9 Å². The second-order valence-corrected chi connectivity index (χ2v) is 22.3. The predicted molar refractivity (Wildman–Crippen MR) is 284 cm³/mol. The van der Waals surface area contributed by atoms with Crippen LogP contribution in [-0.2, 0) is 48.0 Å². The number of carbonyl (C=O) groups is 5. The molecule has 5 amide bonds. The Morgan fingerprint density at radius 2 is 1.93 bits per heavy atom. The summed E-state index contributed by atoms with van der Waals surface area (Å²) in [4.78, 5) is 84.6. The van der Waals surface area contributed by atoms with Crippen LogP contribution in [0.4, 0.5) is 4.79 Å². The Morgan fingerprint density at radius 1 is 1.18 bits per heavy atom. The lowest BCUT2D eigenvalue weighted by molar-refractivity contribution is -0.157. The molecule has 71 heavy (non-hydrogen) atoms. The Morgan fingerprint density at radius 3 is 2.61 bits per heavy atom. The number of esters is 1.